The lowest BCUT2D eigenvalue weighted by atomic mass is 10.2. The summed E-state index contributed by atoms with van der Waals surface area (Å²) in [5, 5.41) is 14.4. The Morgan fingerprint density at radius 1 is 1.15 bits per heavy atom. The highest BCUT2D eigenvalue weighted by Crippen LogP contribution is 2.23. The Morgan fingerprint density at radius 3 is 2.35 bits per heavy atom. The maximum atomic E-state index is 8.97. The Hall–Kier alpha value is -0.620. The first kappa shape index (κ1) is 15.8. The molecule has 0 aromatic carbocycles. The van der Waals surface area contributed by atoms with Gasteiger partial charge < -0.3 is 5.11 Å². The maximum Gasteiger partial charge on any atom is 0.0863 e. The summed E-state index contributed by atoms with van der Waals surface area (Å²) in [5.74, 6) is 0. The zero-order valence-corrected chi connectivity index (χ0v) is 13.2. The average Bonchev–Trinajstić information content (AvgIpc) is 2.77. The Bertz CT molecular complexity index is 427. The van der Waals surface area contributed by atoms with Gasteiger partial charge in [0.25, 0.3) is 0 Å². The number of β-amino-alcohol motifs (C(OH)–C–C–N with tert-alkyl or cyclic N) is 1. The standard InChI is InChI=1S/C14H25ClN4O/c1-3-12-14(15)13(19(4-2)16-12)11-18-7-5-17(6-8-18)9-10-20/h20H,3-11H2,1-2H3. The van der Waals surface area contributed by atoms with Gasteiger partial charge in [-0.3, -0.25) is 14.5 Å². The molecule has 0 bridgehead atoms. The predicted octanol–water partition coefficient (Wildman–Crippen LogP) is 1.23. The van der Waals surface area contributed by atoms with E-state index in [0.717, 1.165) is 68.6 Å². The minimum absolute atomic E-state index is 0.244. The van der Waals surface area contributed by atoms with E-state index < -0.39 is 0 Å². The molecular formula is C14H25ClN4O. The van der Waals surface area contributed by atoms with Crippen LogP contribution in [0.5, 0.6) is 0 Å². The zero-order valence-electron chi connectivity index (χ0n) is 12.5. The third-order valence-corrected chi connectivity index (χ3v) is 4.38. The van der Waals surface area contributed by atoms with E-state index in [0.29, 0.717) is 0 Å². The second kappa shape index (κ2) is 7.41. The lowest BCUT2D eigenvalue weighted by molar-refractivity contribution is 0.107. The van der Waals surface area contributed by atoms with E-state index in [4.69, 9.17) is 16.7 Å². The van der Waals surface area contributed by atoms with Gasteiger partial charge in [0, 0.05) is 45.8 Å². The van der Waals surface area contributed by atoms with Crippen LogP contribution in [0.4, 0.5) is 0 Å². The van der Waals surface area contributed by atoms with Crippen LogP contribution >= 0.6 is 11.6 Å². The molecule has 1 aliphatic rings. The Labute approximate surface area is 126 Å². The highest BCUT2D eigenvalue weighted by Gasteiger charge is 2.21. The van der Waals surface area contributed by atoms with Gasteiger partial charge in [-0.2, -0.15) is 5.10 Å². The molecule has 5 nitrogen and oxygen atoms in total. The molecule has 0 amide bonds. The molecule has 0 aliphatic carbocycles. The molecule has 0 saturated carbocycles. The SMILES string of the molecule is CCc1nn(CC)c(CN2CCN(CCO)CC2)c1Cl. The van der Waals surface area contributed by atoms with Crippen LogP contribution < -0.4 is 0 Å². The fraction of sp³-hybridized carbons (Fsp3) is 0.786. The van der Waals surface area contributed by atoms with Crippen molar-refractivity contribution in [2.45, 2.75) is 33.4 Å². The molecule has 1 aromatic rings. The monoisotopic (exact) mass is 300 g/mol. The van der Waals surface area contributed by atoms with Crippen LogP contribution in [0.1, 0.15) is 25.2 Å². The molecule has 1 aliphatic heterocycles. The van der Waals surface area contributed by atoms with Crippen LogP contribution in [0.15, 0.2) is 0 Å². The minimum Gasteiger partial charge on any atom is -0.395 e. The largest absolute Gasteiger partial charge is 0.395 e. The lowest BCUT2D eigenvalue weighted by Gasteiger charge is -2.34. The van der Waals surface area contributed by atoms with Gasteiger partial charge in [-0.15, -0.1) is 0 Å². The number of nitrogens with zero attached hydrogens (tertiary/aromatic N) is 4. The van der Waals surface area contributed by atoms with Crippen LogP contribution in [-0.4, -0.2) is 64.0 Å². The van der Waals surface area contributed by atoms with Gasteiger partial charge in [-0.05, 0) is 13.3 Å². The molecule has 1 fully saturated rings. The summed E-state index contributed by atoms with van der Waals surface area (Å²) in [5.41, 5.74) is 2.14. The summed E-state index contributed by atoms with van der Waals surface area (Å²) in [6, 6.07) is 0. The second-order valence-electron chi connectivity index (χ2n) is 5.22. The van der Waals surface area contributed by atoms with Crippen molar-refractivity contribution in [3.05, 3.63) is 16.4 Å². The summed E-state index contributed by atoms with van der Waals surface area (Å²) < 4.78 is 2.03. The van der Waals surface area contributed by atoms with E-state index in [2.05, 4.69) is 28.7 Å². The number of aliphatic hydroxyl groups is 1. The maximum absolute atomic E-state index is 8.97. The number of aromatic nitrogens is 2. The fourth-order valence-corrected chi connectivity index (χ4v) is 3.02. The molecule has 0 radical (unpaired) electrons. The average molecular weight is 301 g/mol. The molecule has 0 atom stereocenters. The molecule has 2 rings (SSSR count). The van der Waals surface area contributed by atoms with Crippen molar-refractivity contribution in [3.63, 3.8) is 0 Å². The van der Waals surface area contributed by atoms with Crippen molar-refractivity contribution in [2.75, 3.05) is 39.3 Å². The molecule has 1 aromatic heterocycles. The van der Waals surface area contributed by atoms with Crippen LogP contribution in [0.3, 0.4) is 0 Å². The lowest BCUT2D eigenvalue weighted by Crippen LogP contribution is -2.46. The third kappa shape index (κ3) is 3.52. The van der Waals surface area contributed by atoms with Crippen LogP contribution in [0.25, 0.3) is 0 Å². The molecular weight excluding hydrogens is 276 g/mol. The molecule has 20 heavy (non-hydrogen) atoms. The molecule has 1 saturated heterocycles. The van der Waals surface area contributed by atoms with Crippen LogP contribution in [-0.2, 0) is 19.5 Å². The Morgan fingerprint density at radius 2 is 1.80 bits per heavy atom. The van der Waals surface area contributed by atoms with Gasteiger partial charge in [0.2, 0.25) is 0 Å². The smallest absolute Gasteiger partial charge is 0.0863 e. The van der Waals surface area contributed by atoms with E-state index in [-0.39, 0.29) is 6.61 Å². The van der Waals surface area contributed by atoms with E-state index >= 15 is 0 Å². The van der Waals surface area contributed by atoms with Crippen molar-refractivity contribution in [3.8, 4) is 0 Å². The van der Waals surface area contributed by atoms with Gasteiger partial charge >= 0.3 is 0 Å². The highest BCUT2D eigenvalue weighted by molar-refractivity contribution is 6.31. The van der Waals surface area contributed by atoms with E-state index in [1.165, 1.54) is 0 Å². The molecule has 1 N–H and O–H groups in total. The number of hydrogen-bond donors (Lipinski definition) is 1. The van der Waals surface area contributed by atoms with Gasteiger partial charge in [0.05, 0.1) is 23.0 Å². The van der Waals surface area contributed by atoms with E-state index in [9.17, 15) is 0 Å². The predicted molar refractivity (Wildman–Crippen MR) is 81.1 cm³/mol. The van der Waals surface area contributed by atoms with Gasteiger partial charge in [0.1, 0.15) is 0 Å². The zero-order chi connectivity index (χ0) is 14.5. The summed E-state index contributed by atoms with van der Waals surface area (Å²) in [6.45, 7) is 11.0. The third-order valence-electron chi connectivity index (χ3n) is 3.95. The number of piperazine rings is 1. The number of aryl methyl sites for hydroxylation is 2. The summed E-state index contributed by atoms with van der Waals surface area (Å²) in [7, 11) is 0. The van der Waals surface area contributed by atoms with Crippen molar-refractivity contribution < 1.29 is 5.11 Å². The van der Waals surface area contributed by atoms with Crippen molar-refractivity contribution >= 4 is 11.6 Å². The van der Waals surface area contributed by atoms with Crippen LogP contribution in [0, 0.1) is 0 Å². The highest BCUT2D eigenvalue weighted by atomic mass is 35.5. The molecule has 2 heterocycles. The van der Waals surface area contributed by atoms with Crippen LogP contribution in [0.2, 0.25) is 5.02 Å². The summed E-state index contributed by atoms with van der Waals surface area (Å²) >= 11 is 6.45. The van der Waals surface area contributed by atoms with Crippen molar-refractivity contribution in [1.82, 2.24) is 19.6 Å². The normalized spacial score (nSPS) is 17.8. The summed E-state index contributed by atoms with van der Waals surface area (Å²) in [6.07, 6.45) is 0.878. The number of aliphatic hydroxyl groups excluding tert-OH is 1. The van der Waals surface area contributed by atoms with Crippen molar-refractivity contribution in [2.24, 2.45) is 0 Å². The second-order valence-corrected chi connectivity index (χ2v) is 5.60. The number of hydrogen-bond acceptors (Lipinski definition) is 4. The molecule has 0 unspecified atom stereocenters. The first-order chi connectivity index (χ1) is 9.69. The van der Waals surface area contributed by atoms with Gasteiger partial charge in [-0.25, -0.2) is 0 Å². The Balaban J connectivity index is 1.99. The first-order valence-corrected chi connectivity index (χ1v) is 7.87. The molecule has 6 heteroatoms. The summed E-state index contributed by atoms with van der Waals surface area (Å²) in [4.78, 5) is 4.72. The van der Waals surface area contributed by atoms with E-state index in [1.54, 1.807) is 0 Å². The number of halogens is 1. The van der Waals surface area contributed by atoms with Gasteiger partial charge in [0.15, 0.2) is 0 Å². The molecule has 114 valence electrons. The van der Waals surface area contributed by atoms with E-state index in [1.807, 2.05) is 4.68 Å². The van der Waals surface area contributed by atoms with Crippen molar-refractivity contribution in [1.29, 1.82) is 0 Å². The topological polar surface area (TPSA) is 44.5 Å². The Kier molecular flexibility index (Phi) is 5.84. The van der Waals surface area contributed by atoms with Gasteiger partial charge in [-0.1, -0.05) is 18.5 Å². The molecule has 0 spiro atoms. The quantitative estimate of drug-likeness (QED) is 0.858. The first-order valence-electron chi connectivity index (χ1n) is 7.49. The number of rotatable bonds is 6. The fourth-order valence-electron chi connectivity index (χ4n) is 2.69. The minimum atomic E-state index is 0.244.